The number of primary amides is 1. The Morgan fingerprint density at radius 1 is 1.37 bits per heavy atom. The van der Waals surface area contributed by atoms with Crippen LogP contribution in [0.25, 0.3) is 0 Å². The fourth-order valence-corrected chi connectivity index (χ4v) is 2.50. The summed E-state index contributed by atoms with van der Waals surface area (Å²) in [4.78, 5) is 12.1. The van der Waals surface area contributed by atoms with Gasteiger partial charge >= 0.3 is 0 Å². The second-order valence-corrected chi connectivity index (χ2v) is 5.78. The van der Waals surface area contributed by atoms with Crippen LogP contribution in [0.1, 0.15) is 13.3 Å². The van der Waals surface area contributed by atoms with Gasteiger partial charge in [-0.25, -0.2) is 0 Å². The van der Waals surface area contributed by atoms with Gasteiger partial charge in [0, 0.05) is 17.1 Å². The largest absolute Gasteiger partial charge is 0.490 e. The molecule has 6 heteroatoms. The van der Waals surface area contributed by atoms with Crippen LogP contribution in [0.5, 0.6) is 11.5 Å². The van der Waals surface area contributed by atoms with E-state index >= 15 is 0 Å². The third kappa shape index (κ3) is 3.54. The molecule has 1 aliphatic heterocycles. The van der Waals surface area contributed by atoms with Crippen molar-refractivity contribution in [2.75, 3.05) is 19.0 Å². The molecule has 1 heterocycles. The van der Waals surface area contributed by atoms with E-state index in [1.807, 2.05) is 18.2 Å². The number of nitrogens with two attached hydrogens (primary N) is 2. The van der Waals surface area contributed by atoms with E-state index in [4.69, 9.17) is 20.9 Å². The molecule has 0 fully saturated rings. The Hall–Kier alpha value is -1.40. The molecule has 4 N–H and O–H groups in total. The van der Waals surface area contributed by atoms with Crippen molar-refractivity contribution >= 4 is 17.7 Å². The number of rotatable bonds is 4. The molecule has 1 aromatic carbocycles. The summed E-state index contributed by atoms with van der Waals surface area (Å²) in [6.45, 7) is 2.95. The van der Waals surface area contributed by atoms with Crippen molar-refractivity contribution in [3.8, 4) is 11.5 Å². The van der Waals surface area contributed by atoms with Crippen LogP contribution in [-0.2, 0) is 4.79 Å². The SMILES string of the molecule is CC(N)(CSc1ccc2c(c1)OCCCO2)C(N)=O. The Morgan fingerprint density at radius 3 is 2.74 bits per heavy atom. The molecule has 0 aliphatic carbocycles. The fraction of sp³-hybridized carbons (Fsp3) is 0.462. The third-order valence-corrected chi connectivity index (χ3v) is 4.15. The molecule has 0 bridgehead atoms. The van der Waals surface area contributed by atoms with Crippen molar-refractivity contribution < 1.29 is 14.3 Å². The van der Waals surface area contributed by atoms with E-state index in [0.29, 0.717) is 19.0 Å². The summed E-state index contributed by atoms with van der Waals surface area (Å²) in [5.41, 5.74) is 10.0. The van der Waals surface area contributed by atoms with Crippen molar-refractivity contribution in [1.29, 1.82) is 0 Å². The van der Waals surface area contributed by atoms with E-state index in [1.54, 1.807) is 6.92 Å². The van der Waals surface area contributed by atoms with Crippen LogP contribution >= 0.6 is 11.8 Å². The van der Waals surface area contributed by atoms with Crippen molar-refractivity contribution in [3.63, 3.8) is 0 Å². The maximum Gasteiger partial charge on any atom is 0.238 e. The van der Waals surface area contributed by atoms with Crippen LogP contribution in [0.15, 0.2) is 23.1 Å². The summed E-state index contributed by atoms with van der Waals surface area (Å²) in [6.07, 6.45) is 0.875. The highest BCUT2D eigenvalue weighted by Crippen LogP contribution is 2.34. The summed E-state index contributed by atoms with van der Waals surface area (Å²) >= 11 is 1.47. The van der Waals surface area contributed by atoms with Gasteiger partial charge in [-0.2, -0.15) is 0 Å². The minimum atomic E-state index is -1.02. The lowest BCUT2D eigenvalue weighted by atomic mass is 10.1. The topological polar surface area (TPSA) is 87.6 Å². The van der Waals surface area contributed by atoms with Crippen molar-refractivity contribution in [2.45, 2.75) is 23.8 Å². The van der Waals surface area contributed by atoms with E-state index in [1.165, 1.54) is 11.8 Å². The molecule has 2 rings (SSSR count). The van der Waals surface area contributed by atoms with Gasteiger partial charge in [0.25, 0.3) is 0 Å². The maximum absolute atomic E-state index is 11.2. The van der Waals surface area contributed by atoms with Gasteiger partial charge in [0.2, 0.25) is 5.91 Å². The zero-order chi connectivity index (χ0) is 13.9. The molecule has 0 saturated heterocycles. The summed E-state index contributed by atoms with van der Waals surface area (Å²) in [7, 11) is 0. The Balaban J connectivity index is 2.06. The Kier molecular flexibility index (Phi) is 4.21. The predicted molar refractivity (Wildman–Crippen MR) is 74.6 cm³/mol. The Bertz CT molecular complexity index is 477. The van der Waals surface area contributed by atoms with E-state index < -0.39 is 11.4 Å². The molecule has 0 saturated carbocycles. The fourth-order valence-electron chi connectivity index (χ4n) is 1.54. The number of amides is 1. The Morgan fingerprint density at radius 2 is 2.05 bits per heavy atom. The number of ether oxygens (including phenoxy) is 2. The predicted octanol–water partition coefficient (Wildman–Crippen LogP) is 1.14. The van der Waals surface area contributed by atoms with Gasteiger partial charge in [-0.3, -0.25) is 4.79 Å². The first-order valence-electron chi connectivity index (χ1n) is 6.10. The number of carbonyl (C=O) groups is 1. The number of carbonyl (C=O) groups excluding carboxylic acids is 1. The molecule has 1 atom stereocenters. The van der Waals surface area contributed by atoms with E-state index in [0.717, 1.165) is 22.8 Å². The van der Waals surface area contributed by atoms with Crippen LogP contribution in [0.4, 0.5) is 0 Å². The average molecular weight is 282 g/mol. The lowest BCUT2D eigenvalue weighted by molar-refractivity contribution is -0.121. The van der Waals surface area contributed by atoms with Gasteiger partial charge in [-0.15, -0.1) is 11.8 Å². The van der Waals surface area contributed by atoms with E-state index in [9.17, 15) is 4.79 Å². The van der Waals surface area contributed by atoms with Gasteiger partial charge in [-0.05, 0) is 25.1 Å². The van der Waals surface area contributed by atoms with Gasteiger partial charge in [0.1, 0.15) is 5.54 Å². The number of hydrogen-bond donors (Lipinski definition) is 2. The van der Waals surface area contributed by atoms with Crippen molar-refractivity contribution in [3.05, 3.63) is 18.2 Å². The van der Waals surface area contributed by atoms with Gasteiger partial charge in [-0.1, -0.05) is 0 Å². The second kappa shape index (κ2) is 5.71. The lowest BCUT2D eigenvalue weighted by Crippen LogP contribution is -2.51. The number of thioether (sulfide) groups is 1. The molecule has 104 valence electrons. The van der Waals surface area contributed by atoms with E-state index in [-0.39, 0.29) is 0 Å². The standard InChI is InChI=1S/C13H18N2O3S/c1-13(15,12(14)16)8-19-9-3-4-10-11(7-9)18-6-2-5-17-10/h3-4,7H,2,5-6,8,15H2,1H3,(H2,14,16). The van der Waals surface area contributed by atoms with Crippen LogP contribution in [-0.4, -0.2) is 30.4 Å². The smallest absolute Gasteiger partial charge is 0.238 e. The minimum Gasteiger partial charge on any atom is -0.490 e. The quantitative estimate of drug-likeness (QED) is 0.809. The van der Waals surface area contributed by atoms with Crippen LogP contribution < -0.4 is 20.9 Å². The minimum absolute atomic E-state index is 0.419. The summed E-state index contributed by atoms with van der Waals surface area (Å²) in [6, 6.07) is 5.71. The molecular weight excluding hydrogens is 264 g/mol. The Labute approximate surface area is 116 Å². The monoisotopic (exact) mass is 282 g/mol. The molecular formula is C13H18N2O3S. The van der Waals surface area contributed by atoms with Crippen LogP contribution in [0.3, 0.4) is 0 Å². The summed E-state index contributed by atoms with van der Waals surface area (Å²) in [5.74, 6) is 1.41. The molecule has 1 unspecified atom stereocenters. The first kappa shape index (κ1) is 14.0. The third-order valence-electron chi connectivity index (χ3n) is 2.82. The normalized spacial score (nSPS) is 17.4. The molecule has 1 aromatic rings. The van der Waals surface area contributed by atoms with Gasteiger partial charge < -0.3 is 20.9 Å². The summed E-state index contributed by atoms with van der Waals surface area (Å²) < 4.78 is 11.2. The highest BCUT2D eigenvalue weighted by molar-refractivity contribution is 7.99. The van der Waals surface area contributed by atoms with Crippen molar-refractivity contribution in [2.24, 2.45) is 11.5 Å². The maximum atomic E-state index is 11.2. The highest BCUT2D eigenvalue weighted by atomic mass is 32.2. The van der Waals surface area contributed by atoms with E-state index in [2.05, 4.69) is 0 Å². The second-order valence-electron chi connectivity index (χ2n) is 4.73. The number of fused-ring (bicyclic) bond motifs is 1. The molecule has 19 heavy (non-hydrogen) atoms. The molecule has 1 aliphatic rings. The molecule has 1 amide bonds. The number of benzene rings is 1. The van der Waals surface area contributed by atoms with Gasteiger partial charge in [0.15, 0.2) is 11.5 Å². The first-order chi connectivity index (χ1) is 8.99. The zero-order valence-corrected chi connectivity index (χ0v) is 11.7. The molecule has 5 nitrogen and oxygen atoms in total. The van der Waals surface area contributed by atoms with Crippen molar-refractivity contribution in [1.82, 2.24) is 0 Å². The average Bonchev–Trinajstić information content (AvgIpc) is 2.60. The molecule has 0 aromatic heterocycles. The zero-order valence-electron chi connectivity index (χ0n) is 10.8. The van der Waals surface area contributed by atoms with Crippen LogP contribution in [0.2, 0.25) is 0 Å². The molecule has 0 radical (unpaired) electrons. The highest BCUT2D eigenvalue weighted by Gasteiger charge is 2.25. The summed E-state index contributed by atoms with van der Waals surface area (Å²) in [5, 5.41) is 0. The van der Waals surface area contributed by atoms with Gasteiger partial charge in [0.05, 0.1) is 13.2 Å². The first-order valence-corrected chi connectivity index (χ1v) is 7.09. The number of hydrogen-bond acceptors (Lipinski definition) is 5. The molecule has 0 spiro atoms. The lowest BCUT2D eigenvalue weighted by Gasteiger charge is -2.19. The van der Waals surface area contributed by atoms with Crippen LogP contribution in [0, 0.1) is 0 Å².